The van der Waals surface area contributed by atoms with E-state index in [-0.39, 0.29) is 5.50 Å². The first kappa shape index (κ1) is 9.40. The summed E-state index contributed by atoms with van der Waals surface area (Å²) < 4.78 is 0. The Hall–Kier alpha value is -0.830. The quantitative estimate of drug-likeness (QED) is 0.609. The summed E-state index contributed by atoms with van der Waals surface area (Å²) in [6.07, 6.45) is 10.5. The lowest BCUT2D eigenvalue weighted by atomic mass is 9.79. The minimum Gasteiger partial charge on any atom is -0.357 e. The predicted octanol–water partition coefficient (Wildman–Crippen LogP) is 2.24. The van der Waals surface area contributed by atoms with Crippen molar-refractivity contribution in [3.8, 4) is 0 Å². The first-order valence-corrected chi connectivity index (χ1v) is 6.07. The van der Waals surface area contributed by atoms with Gasteiger partial charge in [0.1, 0.15) is 5.50 Å². The maximum atomic E-state index is 4.55. The fraction of sp³-hybridized carbons (Fsp3) is 0.500. The Morgan fingerprint density at radius 3 is 3.27 bits per heavy atom. The number of hydrogen-bond donors (Lipinski definition) is 2. The minimum absolute atomic E-state index is 0.108. The largest absolute Gasteiger partial charge is 0.357 e. The van der Waals surface area contributed by atoms with E-state index in [1.807, 2.05) is 0 Å². The Morgan fingerprint density at radius 2 is 2.40 bits per heavy atom. The number of nitrogens with zero attached hydrogens (tertiary/aromatic N) is 1. The number of hydrogen-bond acceptors (Lipinski definition) is 3. The molecule has 2 nitrogen and oxygen atoms in total. The van der Waals surface area contributed by atoms with Gasteiger partial charge in [0.25, 0.3) is 0 Å². The molecule has 0 fully saturated rings. The fourth-order valence-corrected chi connectivity index (χ4v) is 3.01. The average molecular weight is 220 g/mol. The Morgan fingerprint density at radius 1 is 1.53 bits per heavy atom. The van der Waals surface area contributed by atoms with Crippen molar-refractivity contribution in [3.05, 3.63) is 35.2 Å². The molecule has 80 valence electrons. The molecule has 2 atom stereocenters. The van der Waals surface area contributed by atoms with Gasteiger partial charge in [0.05, 0.1) is 0 Å². The maximum Gasteiger partial charge on any atom is 0.145 e. The van der Waals surface area contributed by atoms with E-state index in [4.69, 9.17) is 0 Å². The van der Waals surface area contributed by atoms with E-state index in [0.29, 0.717) is 0 Å². The summed E-state index contributed by atoms with van der Waals surface area (Å²) in [5, 5.41) is 3.44. The van der Waals surface area contributed by atoms with Crippen LogP contribution in [0.25, 0.3) is 0 Å². The molecule has 1 aliphatic heterocycles. The van der Waals surface area contributed by atoms with Crippen molar-refractivity contribution in [3.63, 3.8) is 0 Å². The lowest BCUT2D eigenvalue weighted by Crippen LogP contribution is -2.45. The van der Waals surface area contributed by atoms with E-state index in [1.54, 1.807) is 0 Å². The van der Waals surface area contributed by atoms with E-state index in [2.05, 4.69) is 48.1 Å². The molecule has 15 heavy (non-hydrogen) atoms. The van der Waals surface area contributed by atoms with Gasteiger partial charge in [-0.2, -0.15) is 0 Å². The molecule has 0 radical (unpaired) electrons. The van der Waals surface area contributed by atoms with E-state index in [1.165, 1.54) is 36.2 Å². The standard InChI is InChI=1S/C12H16N2S/c1-14-10-7-3-5-8-4-2-6-9(11(8)10)13-12(14)15/h2,6-8,12-13,15H,3-5H2,1H3. The molecule has 0 spiro atoms. The van der Waals surface area contributed by atoms with Gasteiger partial charge in [0.2, 0.25) is 0 Å². The summed E-state index contributed by atoms with van der Waals surface area (Å²) in [5.41, 5.74) is 4.30. The SMILES string of the molecule is CN1C2=CCCC3CC=CC(=C23)NC1S. The molecule has 0 aromatic rings. The maximum absolute atomic E-state index is 4.55. The molecular weight excluding hydrogens is 204 g/mol. The topological polar surface area (TPSA) is 15.3 Å². The predicted molar refractivity (Wildman–Crippen MR) is 65.3 cm³/mol. The molecule has 1 heterocycles. The summed E-state index contributed by atoms with van der Waals surface area (Å²) in [7, 11) is 2.11. The minimum atomic E-state index is 0.108. The molecule has 1 N–H and O–H groups in total. The van der Waals surface area contributed by atoms with Crippen LogP contribution in [0.4, 0.5) is 0 Å². The van der Waals surface area contributed by atoms with Crippen LogP contribution in [0.3, 0.4) is 0 Å². The Kier molecular flexibility index (Phi) is 2.09. The van der Waals surface area contributed by atoms with Gasteiger partial charge in [-0.1, -0.05) is 12.2 Å². The van der Waals surface area contributed by atoms with Crippen molar-refractivity contribution in [2.75, 3.05) is 7.05 Å². The molecule has 0 aromatic heterocycles. The zero-order chi connectivity index (χ0) is 10.4. The van der Waals surface area contributed by atoms with Crippen LogP contribution in [0.1, 0.15) is 19.3 Å². The molecule has 2 aliphatic carbocycles. The second-order valence-electron chi connectivity index (χ2n) is 4.46. The van der Waals surface area contributed by atoms with Crippen LogP contribution in [0, 0.1) is 5.92 Å². The van der Waals surface area contributed by atoms with Crippen molar-refractivity contribution >= 4 is 12.6 Å². The summed E-state index contributed by atoms with van der Waals surface area (Å²) in [4.78, 5) is 2.23. The highest BCUT2D eigenvalue weighted by Crippen LogP contribution is 2.41. The van der Waals surface area contributed by atoms with Crippen LogP contribution in [-0.4, -0.2) is 17.4 Å². The van der Waals surface area contributed by atoms with Crippen LogP contribution >= 0.6 is 12.6 Å². The summed E-state index contributed by atoms with van der Waals surface area (Å²) >= 11 is 4.55. The number of likely N-dealkylation sites (N-methyl/N-ethyl adjacent to an activating group) is 1. The number of rotatable bonds is 0. The third kappa shape index (κ3) is 1.33. The van der Waals surface area contributed by atoms with E-state index in [9.17, 15) is 0 Å². The van der Waals surface area contributed by atoms with Crippen LogP contribution in [0.2, 0.25) is 0 Å². The zero-order valence-electron chi connectivity index (χ0n) is 8.90. The molecular formula is C12H16N2S. The molecule has 0 saturated heterocycles. The zero-order valence-corrected chi connectivity index (χ0v) is 9.80. The van der Waals surface area contributed by atoms with Gasteiger partial charge in [0, 0.05) is 24.0 Å². The van der Waals surface area contributed by atoms with Crippen molar-refractivity contribution in [1.82, 2.24) is 10.2 Å². The van der Waals surface area contributed by atoms with Crippen molar-refractivity contribution in [2.45, 2.75) is 24.8 Å². The number of allylic oxidation sites excluding steroid dienone is 4. The third-order valence-electron chi connectivity index (χ3n) is 3.56. The molecule has 3 heteroatoms. The molecule has 2 unspecified atom stereocenters. The lowest BCUT2D eigenvalue weighted by molar-refractivity contribution is 0.324. The highest BCUT2D eigenvalue weighted by Gasteiger charge is 2.33. The molecule has 0 amide bonds. The third-order valence-corrected chi connectivity index (χ3v) is 4.04. The molecule has 0 bridgehead atoms. The summed E-state index contributed by atoms with van der Waals surface area (Å²) in [6.45, 7) is 0. The Bertz CT molecular complexity index is 381. The highest BCUT2D eigenvalue weighted by atomic mass is 32.1. The van der Waals surface area contributed by atoms with Gasteiger partial charge >= 0.3 is 0 Å². The Balaban J connectivity index is 2.12. The summed E-state index contributed by atoms with van der Waals surface area (Å²) in [5.74, 6) is 0.723. The number of nitrogens with one attached hydrogen (secondary N) is 1. The van der Waals surface area contributed by atoms with Gasteiger partial charge < -0.3 is 10.2 Å². The molecule has 3 rings (SSSR count). The highest BCUT2D eigenvalue weighted by molar-refractivity contribution is 7.80. The lowest BCUT2D eigenvalue weighted by Gasteiger charge is -2.43. The first-order valence-electron chi connectivity index (χ1n) is 5.56. The van der Waals surface area contributed by atoms with Crippen molar-refractivity contribution in [2.24, 2.45) is 5.92 Å². The first-order chi connectivity index (χ1) is 7.27. The van der Waals surface area contributed by atoms with Gasteiger partial charge in [0.15, 0.2) is 0 Å². The molecule has 0 saturated carbocycles. The van der Waals surface area contributed by atoms with Crippen molar-refractivity contribution in [1.29, 1.82) is 0 Å². The normalized spacial score (nSPS) is 33.5. The van der Waals surface area contributed by atoms with Crippen LogP contribution < -0.4 is 5.32 Å². The molecule has 0 aromatic carbocycles. The monoisotopic (exact) mass is 220 g/mol. The molecule has 3 aliphatic rings. The van der Waals surface area contributed by atoms with E-state index in [0.717, 1.165) is 5.92 Å². The van der Waals surface area contributed by atoms with Gasteiger partial charge in [-0.25, -0.2) is 0 Å². The van der Waals surface area contributed by atoms with E-state index < -0.39 is 0 Å². The second-order valence-corrected chi connectivity index (χ2v) is 4.95. The van der Waals surface area contributed by atoms with Crippen LogP contribution in [-0.2, 0) is 0 Å². The van der Waals surface area contributed by atoms with Gasteiger partial charge in [-0.05, 0) is 31.3 Å². The van der Waals surface area contributed by atoms with Crippen molar-refractivity contribution < 1.29 is 0 Å². The van der Waals surface area contributed by atoms with Crippen LogP contribution in [0.5, 0.6) is 0 Å². The second kappa shape index (κ2) is 3.34. The number of thiol groups is 1. The fourth-order valence-electron chi connectivity index (χ4n) is 2.75. The van der Waals surface area contributed by atoms with Gasteiger partial charge in [-0.15, -0.1) is 12.6 Å². The van der Waals surface area contributed by atoms with Gasteiger partial charge in [-0.3, -0.25) is 0 Å². The smallest absolute Gasteiger partial charge is 0.145 e. The average Bonchev–Trinajstić information content (AvgIpc) is 2.26. The summed E-state index contributed by atoms with van der Waals surface area (Å²) in [6, 6.07) is 0. The van der Waals surface area contributed by atoms with E-state index >= 15 is 0 Å². The Labute approximate surface area is 96.1 Å². The van der Waals surface area contributed by atoms with Crippen LogP contribution in [0.15, 0.2) is 35.2 Å².